The zero-order chi connectivity index (χ0) is 35.3. The average molecular weight is 690 g/mol. The van der Waals surface area contributed by atoms with Crippen LogP contribution in [0, 0.1) is 0 Å². The van der Waals surface area contributed by atoms with Gasteiger partial charge in [-0.25, -0.2) is 0 Å². The van der Waals surface area contributed by atoms with E-state index in [1.54, 1.807) is 0 Å². The Hall–Kier alpha value is -7.17. The summed E-state index contributed by atoms with van der Waals surface area (Å²) in [7, 11) is 0. The van der Waals surface area contributed by atoms with Gasteiger partial charge in [-0.3, -0.25) is 4.99 Å². The molecule has 4 nitrogen and oxygen atoms in total. The fourth-order valence-electron chi connectivity index (χ4n) is 8.99. The quantitative estimate of drug-likeness (QED) is 0.201. The number of nitrogens with one attached hydrogen (secondary N) is 1. The van der Waals surface area contributed by atoms with Gasteiger partial charge in [-0.15, -0.1) is 0 Å². The van der Waals surface area contributed by atoms with Gasteiger partial charge in [-0.1, -0.05) is 127 Å². The summed E-state index contributed by atoms with van der Waals surface area (Å²) in [6.07, 6.45) is -0.295. The minimum Gasteiger partial charge on any atom is -0.456 e. The fraction of sp³-hybridized carbons (Fsp3) is 0.0200. The van der Waals surface area contributed by atoms with Gasteiger partial charge in [0.25, 0.3) is 0 Å². The maximum atomic E-state index is 6.19. The summed E-state index contributed by atoms with van der Waals surface area (Å²) in [5.41, 5.74) is 10.7. The summed E-state index contributed by atoms with van der Waals surface area (Å²) in [6, 6.07) is 63.2. The van der Waals surface area contributed by atoms with Gasteiger partial charge < -0.3 is 14.3 Å². The molecule has 54 heavy (non-hydrogen) atoms. The Kier molecular flexibility index (Phi) is 6.08. The van der Waals surface area contributed by atoms with Crippen LogP contribution in [0.1, 0.15) is 22.9 Å². The molecule has 252 valence electrons. The third-order valence-corrected chi connectivity index (χ3v) is 11.4. The number of aliphatic imine (C=N–C) groups is 1. The lowest BCUT2D eigenvalue weighted by atomic mass is 9.95. The number of aromatic nitrogens is 1. The van der Waals surface area contributed by atoms with E-state index >= 15 is 0 Å². The number of anilines is 1. The third-order valence-electron chi connectivity index (χ3n) is 11.4. The summed E-state index contributed by atoms with van der Waals surface area (Å²) in [5, 5.41) is 16.0. The van der Waals surface area contributed by atoms with E-state index in [2.05, 4.69) is 174 Å². The first-order valence-electron chi connectivity index (χ1n) is 18.5. The Bertz CT molecular complexity index is 3290. The van der Waals surface area contributed by atoms with Crippen LogP contribution in [0.2, 0.25) is 0 Å². The molecule has 9 aromatic carbocycles. The molecule has 1 aliphatic heterocycles. The predicted molar refractivity (Wildman–Crippen MR) is 225 cm³/mol. The topological polar surface area (TPSA) is 42.5 Å². The van der Waals surface area contributed by atoms with Crippen molar-refractivity contribution in [1.29, 1.82) is 0 Å². The van der Waals surface area contributed by atoms with Crippen LogP contribution in [-0.2, 0) is 0 Å². The normalized spacial score (nSPS) is 14.4. The SMILES string of the molecule is c1ccc2c(c1)NC(c1ccc(-n3c4ccc5ccccc5c4c4c5ccccc5ccc43)c3ccccc13)N=C2c1ccc2oc3ccccc3c2c1. The highest BCUT2D eigenvalue weighted by molar-refractivity contribution is 6.29. The van der Waals surface area contributed by atoms with Gasteiger partial charge in [-0.05, 0) is 75.5 Å². The molecule has 11 aromatic rings. The van der Waals surface area contributed by atoms with Crippen LogP contribution < -0.4 is 5.32 Å². The number of furan rings is 1. The molecule has 0 fully saturated rings. The molecular formula is C50H31N3O. The van der Waals surface area contributed by atoms with Crippen molar-refractivity contribution in [2.24, 2.45) is 4.99 Å². The number of rotatable bonds is 3. The van der Waals surface area contributed by atoms with Crippen molar-refractivity contribution in [2.45, 2.75) is 6.17 Å². The van der Waals surface area contributed by atoms with Crippen molar-refractivity contribution >= 4 is 87.5 Å². The van der Waals surface area contributed by atoms with Crippen molar-refractivity contribution in [3.05, 3.63) is 193 Å². The van der Waals surface area contributed by atoms with E-state index in [-0.39, 0.29) is 6.17 Å². The lowest BCUT2D eigenvalue weighted by molar-refractivity contribution is 0.669. The van der Waals surface area contributed by atoms with Crippen LogP contribution in [0.4, 0.5) is 5.69 Å². The Morgan fingerprint density at radius 3 is 1.85 bits per heavy atom. The zero-order valence-corrected chi connectivity index (χ0v) is 29.1. The van der Waals surface area contributed by atoms with Gasteiger partial charge in [-0.2, -0.15) is 0 Å². The molecule has 0 bridgehead atoms. The van der Waals surface area contributed by atoms with Gasteiger partial charge in [0.1, 0.15) is 17.3 Å². The lowest BCUT2D eigenvalue weighted by Crippen LogP contribution is -2.21. The molecule has 0 spiro atoms. The Balaban J connectivity index is 1.09. The molecule has 1 aliphatic rings. The van der Waals surface area contributed by atoms with Crippen LogP contribution in [0.15, 0.2) is 185 Å². The lowest BCUT2D eigenvalue weighted by Gasteiger charge is -2.27. The van der Waals surface area contributed by atoms with Crippen LogP contribution in [0.25, 0.3) is 81.7 Å². The number of fused-ring (bicyclic) bond motifs is 12. The van der Waals surface area contributed by atoms with E-state index in [1.165, 1.54) is 54.1 Å². The molecule has 0 radical (unpaired) electrons. The van der Waals surface area contributed by atoms with Crippen LogP contribution in [-0.4, -0.2) is 10.3 Å². The molecule has 4 heteroatoms. The van der Waals surface area contributed by atoms with Crippen LogP contribution >= 0.6 is 0 Å². The fourth-order valence-corrected chi connectivity index (χ4v) is 8.99. The third kappa shape index (κ3) is 4.16. The number of para-hydroxylation sites is 2. The van der Waals surface area contributed by atoms with Gasteiger partial charge in [0, 0.05) is 49.3 Å². The maximum Gasteiger partial charge on any atom is 0.146 e. The van der Waals surface area contributed by atoms with Crippen molar-refractivity contribution < 1.29 is 4.42 Å². The molecule has 1 atom stereocenters. The standard InChI is InChI=1S/C50H31N3O/c1-3-13-33-30(11-1)21-25-43-47(33)48-34-14-4-2-12-31(34)22-26-44(48)53(43)42-27-24-38(35-15-5-6-16-36(35)42)50-51-41-19-9-7-18-39(41)49(52-50)32-23-28-46-40(29-32)37-17-8-10-20-45(37)54-46/h1-29,50-51H. The Morgan fingerprint density at radius 2 is 1.09 bits per heavy atom. The van der Waals surface area contributed by atoms with Gasteiger partial charge in [0.05, 0.1) is 22.4 Å². The largest absolute Gasteiger partial charge is 0.456 e. The number of benzene rings is 9. The number of nitrogens with zero attached hydrogens (tertiary/aromatic N) is 2. The summed E-state index contributed by atoms with van der Waals surface area (Å²) in [6.45, 7) is 0. The van der Waals surface area contributed by atoms with Crippen LogP contribution in [0.5, 0.6) is 0 Å². The molecule has 0 saturated heterocycles. The smallest absolute Gasteiger partial charge is 0.146 e. The highest BCUT2D eigenvalue weighted by Gasteiger charge is 2.26. The zero-order valence-electron chi connectivity index (χ0n) is 29.1. The highest BCUT2D eigenvalue weighted by atomic mass is 16.3. The van der Waals surface area contributed by atoms with Gasteiger partial charge in [0.15, 0.2) is 0 Å². The van der Waals surface area contributed by atoms with Crippen molar-refractivity contribution in [3.63, 3.8) is 0 Å². The maximum absolute atomic E-state index is 6.19. The average Bonchev–Trinajstić information content (AvgIpc) is 3.79. The molecule has 0 aliphatic carbocycles. The molecule has 2 aromatic heterocycles. The second-order valence-electron chi connectivity index (χ2n) is 14.3. The minimum absolute atomic E-state index is 0.295. The second-order valence-corrected chi connectivity index (χ2v) is 14.3. The minimum atomic E-state index is -0.295. The van der Waals surface area contributed by atoms with E-state index in [0.717, 1.165) is 55.7 Å². The Morgan fingerprint density at radius 1 is 0.481 bits per heavy atom. The molecule has 0 saturated carbocycles. The first kappa shape index (κ1) is 29.4. The van der Waals surface area contributed by atoms with Crippen molar-refractivity contribution in [2.75, 3.05) is 5.32 Å². The van der Waals surface area contributed by atoms with Crippen LogP contribution in [0.3, 0.4) is 0 Å². The molecule has 12 rings (SSSR count). The van der Waals surface area contributed by atoms with Crippen molar-refractivity contribution in [3.8, 4) is 5.69 Å². The van der Waals surface area contributed by atoms with E-state index in [1.807, 2.05) is 12.1 Å². The number of hydrogen-bond acceptors (Lipinski definition) is 3. The predicted octanol–water partition coefficient (Wildman–Crippen LogP) is 13.1. The first-order valence-corrected chi connectivity index (χ1v) is 18.5. The summed E-state index contributed by atoms with van der Waals surface area (Å²) in [4.78, 5) is 5.51. The number of hydrogen-bond donors (Lipinski definition) is 1. The molecule has 1 unspecified atom stereocenters. The first-order chi connectivity index (χ1) is 26.8. The second kappa shape index (κ2) is 11.2. The Labute approximate surface area is 310 Å². The molecule has 3 heterocycles. The van der Waals surface area contributed by atoms with Crippen molar-refractivity contribution in [1.82, 2.24) is 4.57 Å². The van der Waals surface area contributed by atoms with Gasteiger partial charge in [0.2, 0.25) is 0 Å². The van der Waals surface area contributed by atoms with E-state index in [4.69, 9.17) is 9.41 Å². The van der Waals surface area contributed by atoms with E-state index in [9.17, 15) is 0 Å². The van der Waals surface area contributed by atoms with E-state index in [0.29, 0.717) is 0 Å². The summed E-state index contributed by atoms with van der Waals surface area (Å²) in [5.74, 6) is 0. The molecular weight excluding hydrogens is 659 g/mol. The highest BCUT2D eigenvalue weighted by Crippen LogP contribution is 2.43. The van der Waals surface area contributed by atoms with E-state index < -0.39 is 0 Å². The summed E-state index contributed by atoms with van der Waals surface area (Å²) < 4.78 is 8.66. The van der Waals surface area contributed by atoms with Gasteiger partial charge >= 0.3 is 0 Å². The molecule has 1 N–H and O–H groups in total. The molecule has 0 amide bonds. The monoisotopic (exact) mass is 689 g/mol. The summed E-state index contributed by atoms with van der Waals surface area (Å²) >= 11 is 0.